The van der Waals surface area contributed by atoms with Gasteiger partial charge in [0.25, 0.3) is 0 Å². The SMILES string of the molecule is CCCCCOC(CO)COC. The van der Waals surface area contributed by atoms with Gasteiger partial charge in [-0.2, -0.15) is 0 Å². The van der Waals surface area contributed by atoms with Crippen molar-refractivity contribution in [2.45, 2.75) is 32.3 Å². The van der Waals surface area contributed by atoms with Gasteiger partial charge in [-0.1, -0.05) is 19.8 Å². The van der Waals surface area contributed by atoms with Crippen LogP contribution in [0.1, 0.15) is 26.2 Å². The molecule has 0 aromatic heterocycles. The minimum atomic E-state index is -0.146. The van der Waals surface area contributed by atoms with Gasteiger partial charge in [-0.3, -0.25) is 0 Å². The highest BCUT2D eigenvalue weighted by Crippen LogP contribution is 1.98. The maximum absolute atomic E-state index is 8.81. The van der Waals surface area contributed by atoms with Gasteiger partial charge in [0.1, 0.15) is 6.10 Å². The van der Waals surface area contributed by atoms with Crippen molar-refractivity contribution >= 4 is 0 Å². The van der Waals surface area contributed by atoms with Crippen molar-refractivity contribution in [1.29, 1.82) is 0 Å². The molecule has 0 amide bonds. The van der Waals surface area contributed by atoms with Crippen LogP contribution in [0.3, 0.4) is 0 Å². The number of rotatable bonds is 8. The van der Waals surface area contributed by atoms with Crippen LogP contribution in [0, 0.1) is 0 Å². The largest absolute Gasteiger partial charge is 0.394 e. The van der Waals surface area contributed by atoms with Crippen molar-refractivity contribution in [1.82, 2.24) is 0 Å². The Morgan fingerprint density at radius 2 is 2.08 bits per heavy atom. The minimum Gasteiger partial charge on any atom is -0.394 e. The Labute approximate surface area is 74.7 Å². The van der Waals surface area contributed by atoms with Crippen molar-refractivity contribution in [3.63, 3.8) is 0 Å². The molecule has 12 heavy (non-hydrogen) atoms. The number of methoxy groups -OCH3 is 1. The van der Waals surface area contributed by atoms with Crippen molar-refractivity contribution < 1.29 is 14.6 Å². The monoisotopic (exact) mass is 176 g/mol. The average molecular weight is 176 g/mol. The predicted molar refractivity (Wildman–Crippen MR) is 48.2 cm³/mol. The van der Waals surface area contributed by atoms with Gasteiger partial charge in [0, 0.05) is 13.7 Å². The molecule has 0 spiro atoms. The van der Waals surface area contributed by atoms with Crippen molar-refractivity contribution in [3.05, 3.63) is 0 Å². The van der Waals surface area contributed by atoms with Gasteiger partial charge in [0.2, 0.25) is 0 Å². The number of ether oxygens (including phenoxy) is 2. The van der Waals surface area contributed by atoms with Gasteiger partial charge in [0.15, 0.2) is 0 Å². The van der Waals surface area contributed by atoms with Crippen LogP contribution in [0.15, 0.2) is 0 Å². The topological polar surface area (TPSA) is 38.7 Å². The molecule has 0 aromatic rings. The lowest BCUT2D eigenvalue weighted by atomic mass is 10.3. The fourth-order valence-corrected chi connectivity index (χ4v) is 0.941. The lowest BCUT2D eigenvalue weighted by Crippen LogP contribution is -2.23. The van der Waals surface area contributed by atoms with Crippen molar-refractivity contribution in [2.75, 3.05) is 26.9 Å². The van der Waals surface area contributed by atoms with Gasteiger partial charge in [-0.15, -0.1) is 0 Å². The van der Waals surface area contributed by atoms with Crippen molar-refractivity contribution in [3.8, 4) is 0 Å². The highest BCUT2D eigenvalue weighted by atomic mass is 16.5. The van der Waals surface area contributed by atoms with E-state index in [1.165, 1.54) is 12.8 Å². The van der Waals surface area contributed by atoms with Gasteiger partial charge < -0.3 is 14.6 Å². The summed E-state index contributed by atoms with van der Waals surface area (Å²) in [6, 6.07) is 0. The third-order valence-electron chi connectivity index (χ3n) is 1.66. The predicted octanol–water partition coefficient (Wildman–Crippen LogP) is 1.20. The molecule has 0 aliphatic rings. The summed E-state index contributed by atoms with van der Waals surface area (Å²) in [6.45, 7) is 3.39. The molecule has 0 rings (SSSR count). The molecule has 0 aromatic carbocycles. The molecule has 0 saturated carbocycles. The molecule has 1 unspecified atom stereocenters. The van der Waals surface area contributed by atoms with Crippen LogP contribution >= 0.6 is 0 Å². The molecule has 0 aliphatic carbocycles. The highest BCUT2D eigenvalue weighted by molar-refractivity contribution is 4.52. The third-order valence-corrected chi connectivity index (χ3v) is 1.66. The Morgan fingerprint density at radius 1 is 1.33 bits per heavy atom. The molecule has 1 N–H and O–H groups in total. The van der Waals surface area contributed by atoms with Gasteiger partial charge in [-0.05, 0) is 6.42 Å². The Kier molecular flexibility index (Phi) is 8.88. The summed E-state index contributed by atoms with van der Waals surface area (Å²) in [7, 11) is 1.61. The molecule has 74 valence electrons. The van der Waals surface area contributed by atoms with E-state index in [1.807, 2.05) is 0 Å². The van der Waals surface area contributed by atoms with Crippen LogP contribution in [-0.2, 0) is 9.47 Å². The molecule has 1 atom stereocenters. The lowest BCUT2D eigenvalue weighted by molar-refractivity contribution is -0.0320. The number of hydrogen-bond acceptors (Lipinski definition) is 3. The fourth-order valence-electron chi connectivity index (χ4n) is 0.941. The first-order valence-electron chi connectivity index (χ1n) is 4.56. The van der Waals surface area contributed by atoms with E-state index in [4.69, 9.17) is 14.6 Å². The zero-order valence-electron chi connectivity index (χ0n) is 8.08. The maximum atomic E-state index is 8.81. The molecule has 3 heteroatoms. The summed E-state index contributed by atoms with van der Waals surface area (Å²) in [5.41, 5.74) is 0. The molecular weight excluding hydrogens is 156 g/mol. The Bertz CT molecular complexity index is 85.8. The van der Waals surface area contributed by atoms with Gasteiger partial charge in [-0.25, -0.2) is 0 Å². The molecule has 0 aliphatic heterocycles. The van der Waals surface area contributed by atoms with E-state index in [9.17, 15) is 0 Å². The van der Waals surface area contributed by atoms with Crippen LogP contribution in [0.4, 0.5) is 0 Å². The van der Waals surface area contributed by atoms with Crippen LogP contribution in [0.5, 0.6) is 0 Å². The molecular formula is C9H20O3. The zero-order valence-corrected chi connectivity index (χ0v) is 8.08. The van der Waals surface area contributed by atoms with E-state index < -0.39 is 0 Å². The van der Waals surface area contributed by atoms with E-state index in [-0.39, 0.29) is 12.7 Å². The van der Waals surface area contributed by atoms with Crippen LogP contribution in [0.25, 0.3) is 0 Å². The summed E-state index contributed by atoms with van der Waals surface area (Å²) < 4.78 is 10.2. The standard InChI is InChI=1S/C9H20O3/c1-3-4-5-6-12-9(7-10)8-11-2/h9-10H,3-8H2,1-2H3. The quantitative estimate of drug-likeness (QED) is 0.565. The normalized spacial score (nSPS) is 13.2. The molecule has 0 bridgehead atoms. The first kappa shape index (κ1) is 11.9. The third kappa shape index (κ3) is 6.58. The Hall–Kier alpha value is -0.120. The van der Waals surface area contributed by atoms with Gasteiger partial charge >= 0.3 is 0 Å². The molecule has 0 heterocycles. The van der Waals surface area contributed by atoms with Crippen LogP contribution in [-0.4, -0.2) is 38.1 Å². The number of hydrogen-bond donors (Lipinski definition) is 1. The van der Waals surface area contributed by atoms with E-state index >= 15 is 0 Å². The smallest absolute Gasteiger partial charge is 0.104 e. The number of aliphatic hydroxyl groups excluding tert-OH is 1. The number of unbranched alkanes of at least 4 members (excludes halogenated alkanes) is 2. The average Bonchev–Trinajstić information content (AvgIpc) is 2.10. The maximum Gasteiger partial charge on any atom is 0.104 e. The highest BCUT2D eigenvalue weighted by Gasteiger charge is 2.05. The second kappa shape index (κ2) is 8.97. The second-order valence-electron chi connectivity index (χ2n) is 2.84. The van der Waals surface area contributed by atoms with E-state index in [0.29, 0.717) is 6.61 Å². The summed E-state index contributed by atoms with van der Waals surface area (Å²) >= 11 is 0. The molecule has 0 saturated heterocycles. The summed E-state index contributed by atoms with van der Waals surface area (Å²) in [4.78, 5) is 0. The molecule has 0 fully saturated rings. The Morgan fingerprint density at radius 3 is 2.58 bits per heavy atom. The molecule has 3 nitrogen and oxygen atoms in total. The van der Waals surface area contributed by atoms with Crippen molar-refractivity contribution in [2.24, 2.45) is 0 Å². The zero-order chi connectivity index (χ0) is 9.23. The summed E-state index contributed by atoms with van der Waals surface area (Å²) in [5, 5.41) is 8.81. The van der Waals surface area contributed by atoms with E-state index in [0.717, 1.165) is 13.0 Å². The Balaban J connectivity index is 3.19. The van der Waals surface area contributed by atoms with E-state index in [1.54, 1.807) is 7.11 Å². The fraction of sp³-hybridized carbons (Fsp3) is 1.00. The first-order chi connectivity index (χ1) is 5.85. The second-order valence-corrected chi connectivity index (χ2v) is 2.84. The van der Waals surface area contributed by atoms with E-state index in [2.05, 4.69) is 6.92 Å². The van der Waals surface area contributed by atoms with Crippen LogP contribution < -0.4 is 0 Å². The summed E-state index contributed by atoms with van der Waals surface area (Å²) in [5.74, 6) is 0. The van der Waals surface area contributed by atoms with Gasteiger partial charge in [0.05, 0.1) is 13.2 Å². The minimum absolute atomic E-state index is 0.0416. The first-order valence-corrected chi connectivity index (χ1v) is 4.56. The molecule has 0 radical (unpaired) electrons. The van der Waals surface area contributed by atoms with Crippen LogP contribution in [0.2, 0.25) is 0 Å². The lowest BCUT2D eigenvalue weighted by Gasteiger charge is -2.13. The summed E-state index contributed by atoms with van der Waals surface area (Å²) in [6.07, 6.45) is 3.30. The number of aliphatic hydroxyl groups is 1.